The van der Waals surface area contributed by atoms with Gasteiger partial charge in [0.25, 0.3) is 15.9 Å². The molecular formula is C23H24N4O3S. The number of amides is 1. The van der Waals surface area contributed by atoms with E-state index in [1.165, 1.54) is 23.9 Å². The number of aromatic nitrogens is 1. The van der Waals surface area contributed by atoms with E-state index in [4.69, 9.17) is 0 Å². The molecule has 3 aromatic rings. The molecule has 1 amide bonds. The first-order valence-corrected chi connectivity index (χ1v) is 11.3. The van der Waals surface area contributed by atoms with Crippen molar-refractivity contribution in [2.24, 2.45) is 5.10 Å². The average Bonchev–Trinajstić information content (AvgIpc) is 2.81. The number of nitrogens with one attached hydrogen (secondary N) is 1. The van der Waals surface area contributed by atoms with E-state index < -0.39 is 22.5 Å². The molecule has 0 fully saturated rings. The Labute approximate surface area is 182 Å². The minimum atomic E-state index is -3.97. The Hall–Kier alpha value is -3.52. The Balaban J connectivity index is 1.70. The van der Waals surface area contributed by atoms with Crippen LogP contribution < -0.4 is 9.73 Å². The maximum absolute atomic E-state index is 13.1. The number of benzene rings is 2. The van der Waals surface area contributed by atoms with Gasteiger partial charge in [-0.25, -0.2) is 23.1 Å². The predicted molar refractivity (Wildman–Crippen MR) is 121 cm³/mol. The van der Waals surface area contributed by atoms with Crippen LogP contribution in [0.1, 0.15) is 18.9 Å². The van der Waals surface area contributed by atoms with Gasteiger partial charge in [0.2, 0.25) is 0 Å². The average molecular weight is 437 g/mol. The van der Waals surface area contributed by atoms with Gasteiger partial charge in [0.05, 0.1) is 4.90 Å². The summed E-state index contributed by atoms with van der Waals surface area (Å²) < 4.78 is 27.3. The van der Waals surface area contributed by atoms with E-state index in [9.17, 15) is 13.2 Å². The minimum Gasteiger partial charge on any atom is -0.271 e. The number of sulfonamides is 1. The SMILES string of the molecule is C/C(CCc1ccccc1)=N/NC(=O)CN(c1ccccn1)S(=O)(=O)c1ccccc1. The number of carbonyl (C=O) groups is 1. The van der Waals surface area contributed by atoms with Crippen molar-refractivity contribution >= 4 is 27.5 Å². The molecule has 8 heteroatoms. The maximum atomic E-state index is 13.1. The molecule has 160 valence electrons. The summed E-state index contributed by atoms with van der Waals surface area (Å²) in [6, 6.07) is 22.8. The summed E-state index contributed by atoms with van der Waals surface area (Å²) in [5.41, 5.74) is 4.38. The van der Waals surface area contributed by atoms with Crippen LogP contribution in [0.25, 0.3) is 0 Å². The monoisotopic (exact) mass is 436 g/mol. The molecule has 0 bridgehead atoms. The van der Waals surface area contributed by atoms with Gasteiger partial charge in [-0.05, 0) is 49.6 Å². The fraction of sp³-hybridized carbons (Fsp3) is 0.174. The summed E-state index contributed by atoms with van der Waals surface area (Å²) in [6.45, 7) is 1.38. The topological polar surface area (TPSA) is 91.7 Å². The Morgan fingerprint density at radius 1 is 0.968 bits per heavy atom. The van der Waals surface area contributed by atoms with Crippen LogP contribution in [0.15, 0.2) is 95.1 Å². The molecular weight excluding hydrogens is 412 g/mol. The first-order valence-electron chi connectivity index (χ1n) is 9.81. The van der Waals surface area contributed by atoms with Gasteiger partial charge in [-0.15, -0.1) is 0 Å². The van der Waals surface area contributed by atoms with Gasteiger partial charge in [-0.3, -0.25) is 4.79 Å². The summed E-state index contributed by atoms with van der Waals surface area (Å²) >= 11 is 0. The molecule has 0 aliphatic heterocycles. The van der Waals surface area contributed by atoms with Gasteiger partial charge in [-0.2, -0.15) is 5.10 Å². The molecule has 7 nitrogen and oxygen atoms in total. The van der Waals surface area contributed by atoms with E-state index in [-0.39, 0.29) is 10.7 Å². The fourth-order valence-corrected chi connectivity index (χ4v) is 4.26. The zero-order valence-electron chi connectivity index (χ0n) is 17.2. The van der Waals surface area contributed by atoms with Gasteiger partial charge < -0.3 is 0 Å². The number of aryl methyl sites for hydroxylation is 1. The number of pyridine rings is 1. The molecule has 2 aromatic carbocycles. The number of nitrogens with zero attached hydrogens (tertiary/aromatic N) is 3. The molecule has 0 saturated carbocycles. The molecule has 1 N–H and O–H groups in total. The first kappa shape index (κ1) is 22.2. The molecule has 1 heterocycles. The van der Waals surface area contributed by atoms with Gasteiger partial charge in [0.15, 0.2) is 0 Å². The predicted octanol–water partition coefficient (Wildman–Crippen LogP) is 3.40. The summed E-state index contributed by atoms with van der Waals surface area (Å²) in [7, 11) is -3.97. The zero-order valence-corrected chi connectivity index (χ0v) is 18.0. The number of anilines is 1. The Morgan fingerprint density at radius 3 is 2.26 bits per heavy atom. The molecule has 0 radical (unpaired) electrons. The summed E-state index contributed by atoms with van der Waals surface area (Å²) in [5, 5.41) is 4.12. The van der Waals surface area contributed by atoms with Gasteiger partial charge in [0.1, 0.15) is 12.4 Å². The summed E-state index contributed by atoms with van der Waals surface area (Å²) in [5.74, 6) is -0.393. The van der Waals surface area contributed by atoms with Crippen molar-refractivity contribution in [1.29, 1.82) is 0 Å². The molecule has 0 saturated heterocycles. The van der Waals surface area contributed by atoms with Crippen LogP contribution in [0.5, 0.6) is 0 Å². The highest BCUT2D eigenvalue weighted by Crippen LogP contribution is 2.21. The van der Waals surface area contributed by atoms with Gasteiger partial charge >= 0.3 is 0 Å². The van der Waals surface area contributed by atoms with Crippen molar-refractivity contribution in [2.75, 3.05) is 10.8 Å². The van der Waals surface area contributed by atoms with E-state index in [1.54, 1.807) is 36.4 Å². The Bertz CT molecular complexity index is 1120. The molecule has 31 heavy (non-hydrogen) atoms. The third-order valence-electron chi connectivity index (χ3n) is 4.51. The van der Waals surface area contributed by atoms with Gasteiger partial charge in [-0.1, -0.05) is 54.6 Å². The quantitative estimate of drug-likeness (QED) is 0.411. The normalized spacial score (nSPS) is 11.7. The third kappa shape index (κ3) is 6.23. The van der Waals surface area contributed by atoms with Crippen LogP contribution in [-0.4, -0.2) is 31.6 Å². The highest BCUT2D eigenvalue weighted by atomic mass is 32.2. The van der Waals surface area contributed by atoms with Crippen molar-refractivity contribution in [1.82, 2.24) is 10.4 Å². The second kappa shape index (κ2) is 10.5. The van der Waals surface area contributed by atoms with Crippen LogP contribution in [0.2, 0.25) is 0 Å². The smallest absolute Gasteiger partial charge is 0.265 e. The lowest BCUT2D eigenvalue weighted by Gasteiger charge is -2.22. The number of hydrogen-bond acceptors (Lipinski definition) is 5. The summed E-state index contributed by atoms with van der Waals surface area (Å²) in [4.78, 5) is 16.7. The van der Waals surface area contributed by atoms with Crippen molar-refractivity contribution in [3.63, 3.8) is 0 Å². The molecule has 0 atom stereocenters. The fourth-order valence-electron chi connectivity index (χ4n) is 2.86. The highest BCUT2D eigenvalue weighted by Gasteiger charge is 2.27. The Morgan fingerprint density at radius 2 is 1.61 bits per heavy atom. The van der Waals surface area contributed by atoms with Crippen LogP contribution in [-0.2, 0) is 21.2 Å². The lowest BCUT2D eigenvalue weighted by atomic mass is 10.1. The van der Waals surface area contributed by atoms with Crippen molar-refractivity contribution in [3.8, 4) is 0 Å². The molecule has 0 unspecified atom stereocenters. The van der Waals surface area contributed by atoms with E-state index in [2.05, 4.69) is 15.5 Å². The minimum absolute atomic E-state index is 0.0796. The largest absolute Gasteiger partial charge is 0.271 e. The van der Waals surface area contributed by atoms with Gasteiger partial charge in [0, 0.05) is 11.9 Å². The number of rotatable bonds is 9. The standard InChI is InChI=1S/C23H24N4O3S/c1-19(15-16-20-10-4-2-5-11-20)25-26-23(28)18-27(22-14-8-9-17-24-22)31(29,30)21-12-6-3-7-13-21/h2-14,17H,15-16,18H2,1H3,(H,26,28)/b25-19-. The van der Waals surface area contributed by atoms with E-state index in [1.807, 2.05) is 37.3 Å². The maximum Gasteiger partial charge on any atom is 0.265 e. The van der Waals surface area contributed by atoms with E-state index >= 15 is 0 Å². The highest BCUT2D eigenvalue weighted by molar-refractivity contribution is 7.92. The first-order chi connectivity index (χ1) is 15.0. The van der Waals surface area contributed by atoms with E-state index in [0.29, 0.717) is 6.42 Å². The van der Waals surface area contributed by atoms with Crippen LogP contribution in [0.4, 0.5) is 5.82 Å². The molecule has 3 rings (SSSR count). The van der Waals surface area contributed by atoms with Crippen molar-refractivity contribution in [2.45, 2.75) is 24.7 Å². The summed E-state index contributed by atoms with van der Waals surface area (Å²) in [6.07, 6.45) is 2.96. The molecule has 0 aliphatic rings. The third-order valence-corrected chi connectivity index (χ3v) is 6.28. The second-order valence-corrected chi connectivity index (χ2v) is 8.74. The molecule has 0 spiro atoms. The number of carbonyl (C=O) groups excluding carboxylic acids is 1. The van der Waals surface area contributed by atoms with Crippen LogP contribution in [0, 0.1) is 0 Å². The number of hydrazone groups is 1. The van der Waals surface area contributed by atoms with Crippen LogP contribution >= 0.6 is 0 Å². The lowest BCUT2D eigenvalue weighted by Crippen LogP contribution is -2.40. The molecule has 1 aromatic heterocycles. The van der Waals surface area contributed by atoms with E-state index in [0.717, 1.165) is 16.4 Å². The van der Waals surface area contributed by atoms with Crippen molar-refractivity contribution in [3.05, 3.63) is 90.6 Å². The second-order valence-electron chi connectivity index (χ2n) is 6.88. The molecule has 0 aliphatic carbocycles. The zero-order chi connectivity index (χ0) is 22.1. The number of hydrogen-bond donors (Lipinski definition) is 1. The Kier molecular flexibility index (Phi) is 7.50. The van der Waals surface area contributed by atoms with Crippen molar-refractivity contribution < 1.29 is 13.2 Å². The van der Waals surface area contributed by atoms with Crippen LogP contribution in [0.3, 0.4) is 0 Å². The lowest BCUT2D eigenvalue weighted by molar-refractivity contribution is -0.119.